The van der Waals surface area contributed by atoms with Gasteiger partial charge in [-0.3, -0.25) is 4.79 Å². The van der Waals surface area contributed by atoms with E-state index in [2.05, 4.69) is 15.5 Å². The van der Waals surface area contributed by atoms with Crippen molar-refractivity contribution in [2.45, 2.75) is 56.2 Å². The average molecular weight is 384 g/mol. The zero-order chi connectivity index (χ0) is 18.4. The second-order valence-electron chi connectivity index (χ2n) is 8.72. The quantitative estimate of drug-likeness (QED) is 0.783. The van der Waals surface area contributed by atoms with E-state index < -0.39 is 0 Å². The third kappa shape index (κ3) is 3.40. The Morgan fingerprint density at radius 3 is 2.48 bits per heavy atom. The van der Waals surface area contributed by atoms with Crippen LogP contribution in [-0.4, -0.2) is 27.4 Å². The van der Waals surface area contributed by atoms with E-state index in [4.69, 9.17) is 4.42 Å². The largest absolute Gasteiger partial charge is 0.411 e. The van der Waals surface area contributed by atoms with Crippen molar-refractivity contribution in [3.63, 3.8) is 0 Å². The van der Waals surface area contributed by atoms with Crippen LogP contribution in [0.2, 0.25) is 0 Å². The van der Waals surface area contributed by atoms with Crippen molar-refractivity contribution in [3.8, 4) is 11.5 Å². The summed E-state index contributed by atoms with van der Waals surface area (Å²) in [5.41, 5.74) is 2.10. The summed E-state index contributed by atoms with van der Waals surface area (Å²) >= 11 is 1.33. The van der Waals surface area contributed by atoms with Crippen LogP contribution in [0.4, 0.5) is 0 Å². The Bertz CT molecular complexity index is 827. The van der Waals surface area contributed by atoms with Gasteiger partial charge < -0.3 is 9.73 Å². The SMILES string of the molecule is Cc1ccccc1-c1nnc(SCC(=O)NC23CC4CC(CC(C4)C2)C3)o1. The normalized spacial score (nSPS) is 31.2. The molecule has 6 rings (SSSR count). The lowest BCUT2D eigenvalue weighted by Crippen LogP contribution is -2.60. The molecule has 6 heteroatoms. The van der Waals surface area contributed by atoms with Crippen LogP contribution in [0, 0.1) is 24.7 Å². The Morgan fingerprint density at radius 2 is 1.81 bits per heavy atom. The Morgan fingerprint density at radius 1 is 1.15 bits per heavy atom. The molecule has 1 heterocycles. The molecule has 27 heavy (non-hydrogen) atoms. The van der Waals surface area contributed by atoms with Gasteiger partial charge in [0.15, 0.2) is 0 Å². The number of rotatable bonds is 5. The Balaban J connectivity index is 1.20. The van der Waals surface area contributed by atoms with Crippen LogP contribution in [0.25, 0.3) is 11.5 Å². The lowest BCUT2D eigenvalue weighted by Gasteiger charge is -2.56. The van der Waals surface area contributed by atoms with Crippen molar-refractivity contribution in [2.24, 2.45) is 17.8 Å². The topological polar surface area (TPSA) is 68.0 Å². The van der Waals surface area contributed by atoms with Crippen molar-refractivity contribution in [1.29, 1.82) is 0 Å². The first kappa shape index (κ1) is 17.3. The predicted molar refractivity (Wildman–Crippen MR) is 104 cm³/mol. The molecule has 4 saturated carbocycles. The molecule has 1 amide bonds. The van der Waals surface area contributed by atoms with Gasteiger partial charge >= 0.3 is 0 Å². The molecule has 0 radical (unpaired) electrons. The summed E-state index contributed by atoms with van der Waals surface area (Å²) in [6, 6.07) is 7.93. The van der Waals surface area contributed by atoms with E-state index in [1.807, 2.05) is 31.2 Å². The first-order valence-corrected chi connectivity index (χ1v) is 10.9. The molecule has 0 aliphatic heterocycles. The maximum atomic E-state index is 12.6. The van der Waals surface area contributed by atoms with Gasteiger partial charge in [-0.25, -0.2) is 0 Å². The molecule has 0 saturated heterocycles. The van der Waals surface area contributed by atoms with Crippen LogP contribution in [0.5, 0.6) is 0 Å². The van der Waals surface area contributed by atoms with Gasteiger partial charge in [-0.2, -0.15) is 0 Å². The highest BCUT2D eigenvalue weighted by molar-refractivity contribution is 7.99. The molecule has 1 aromatic heterocycles. The van der Waals surface area contributed by atoms with Gasteiger partial charge in [0.2, 0.25) is 11.8 Å². The summed E-state index contributed by atoms with van der Waals surface area (Å²) in [6.07, 6.45) is 7.67. The highest BCUT2D eigenvalue weighted by Crippen LogP contribution is 2.55. The van der Waals surface area contributed by atoms with Gasteiger partial charge in [-0.05, 0) is 74.8 Å². The lowest BCUT2D eigenvalue weighted by molar-refractivity contribution is -0.124. The Hall–Kier alpha value is -1.82. The molecule has 1 N–H and O–H groups in total. The first-order valence-electron chi connectivity index (χ1n) is 9.92. The second kappa shape index (κ2) is 6.66. The summed E-state index contributed by atoms with van der Waals surface area (Å²) in [4.78, 5) is 12.6. The van der Waals surface area contributed by atoms with Crippen molar-refractivity contribution >= 4 is 17.7 Å². The van der Waals surface area contributed by atoms with E-state index in [0.717, 1.165) is 28.9 Å². The highest BCUT2D eigenvalue weighted by atomic mass is 32.2. The van der Waals surface area contributed by atoms with Gasteiger partial charge in [0, 0.05) is 11.1 Å². The number of hydrogen-bond donors (Lipinski definition) is 1. The molecule has 0 unspecified atom stereocenters. The maximum Gasteiger partial charge on any atom is 0.277 e. The Labute approximate surface area is 163 Å². The molecule has 5 nitrogen and oxygen atoms in total. The van der Waals surface area contributed by atoms with Gasteiger partial charge in [-0.15, -0.1) is 10.2 Å². The molecule has 4 fully saturated rings. The minimum Gasteiger partial charge on any atom is -0.411 e. The third-order valence-electron chi connectivity index (χ3n) is 6.55. The van der Waals surface area contributed by atoms with Crippen LogP contribution in [0.15, 0.2) is 33.9 Å². The predicted octanol–water partition coefficient (Wildman–Crippen LogP) is 4.22. The molecule has 0 atom stereocenters. The van der Waals surface area contributed by atoms with Crippen LogP contribution < -0.4 is 5.32 Å². The van der Waals surface area contributed by atoms with Crippen molar-refractivity contribution in [1.82, 2.24) is 15.5 Å². The molecule has 4 bridgehead atoms. The fourth-order valence-electron chi connectivity index (χ4n) is 5.91. The molecule has 4 aliphatic rings. The van der Waals surface area contributed by atoms with Crippen LogP contribution in [0.3, 0.4) is 0 Å². The molecule has 0 spiro atoms. The molecule has 4 aliphatic carbocycles. The number of thioether (sulfide) groups is 1. The van der Waals surface area contributed by atoms with Gasteiger partial charge in [-0.1, -0.05) is 30.0 Å². The number of amides is 1. The number of hydrogen-bond acceptors (Lipinski definition) is 5. The van der Waals surface area contributed by atoms with Crippen LogP contribution in [0.1, 0.15) is 44.1 Å². The third-order valence-corrected chi connectivity index (χ3v) is 7.37. The minimum atomic E-state index is 0.0630. The van der Waals surface area contributed by atoms with Crippen LogP contribution in [-0.2, 0) is 4.79 Å². The number of benzene rings is 1. The van der Waals surface area contributed by atoms with E-state index in [1.54, 1.807) is 0 Å². The molecular weight excluding hydrogens is 358 g/mol. The van der Waals surface area contributed by atoms with E-state index >= 15 is 0 Å². The lowest BCUT2D eigenvalue weighted by atomic mass is 9.53. The summed E-state index contributed by atoms with van der Waals surface area (Å²) < 4.78 is 5.76. The number of nitrogens with one attached hydrogen (secondary N) is 1. The standard InChI is InChI=1S/C21H25N3O2S/c1-13-4-2-3-5-17(13)19-23-24-20(26-19)27-12-18(25)22-21-9-14-6-15(10-21)8-16(7-14)11-21/h2-5,14-16H,6-12H2,1H3,(H,22,25). The monoisotopic (exact) mass is 383 g/mol. The summed E-state index contributed by atoms with van der Waals surface area (Å²) in [5.74, 6) is 3.43. The maximum absolute atomic E-state index is 12.6. The fourth-order valence-corrected chi connectivity index (χ4v) is 6.48. The zero-order valence-corrected chi connectivity index (χ0v) is 16.4. The molecular formula is C21H25N3O2S. The van der Waals surface area contributed by atoms with Crippen molar-refractivity contribution < 1.29 is 9.21 Å². The van der Waals surface area contributed by atoms with E-state index in [1.165, 1.54) is 50.3 Å². The smallest absolute Gasteiger partial charge is 0.277 e. The van der Waals surface area contributed by atoms with Crippen LogP contribution >= 0.6 is 11.8 Å². The second-order valence-corrected chi connectivity index (χ2v) is 9.65. The summed E-state index contributed by atoms with van der Waals surface area (Å²) in [6.45, 7) is 2.02. The molecule has 142 valence electrons. The van der Waals surface area contributed by atoms with E-state index in [-0.39, 0.29) is 11.4 Å². The number of carbonyl (C=O) groups is 1. The van der Waals surface area contributed by atoms with Crippen molar-refractivity contribution in [3.05, 3.63) is 29.8 Å². The van der Waals surface area contributed by atoms with E-state index in [0.29, 0.717) is 16.9 Å². The van der Waals surface area contributed by atoms with Gasteiger partial charge in [0.05, 0.1) is 5.75 Å². The molecule has 1 aromatic carbocycles. The molecule has 2 aromatic rings. The highest BCUT2D eigenvalue weighted by Gasteiger charge is 2.51. The Kier molecular flexibility index (Phi) is 4.26. The van der Waals surface area contributed by atoms with E-state index in [9.17, 15) is 4.79 Å². The first-order chi connectivity index (χ1) is 13.1. The number of aryl methyl sites for hydroxylation is 1. The summed E-state index contributed by atoms with van der Waals surface area (Å²) in [5, 5.41) is 12.1. The number of aromatic nitrogens is 2. The summed E-state index contributed by atoms with van der Waals surface area (Å²) in [7, 11) is 0. The van der Waals surface area contributed by atoms with Gasteiger partial charge in [0.25, 0.3) is 5.22 Å². The number of nitrogens with zero attached hydrogens (tertiary/aromatic N) is 2. The fraction of sp³-hybridized carbons (Fsp3) is 0.571. The zero-order valence-electron chi connectivity index (χ0n) is 15.6. The van der Waals surface area contributed by atoms with Gasteiger partial charge in [0.1, 0.15) is 0 Å². The van der Waals surface area contributed by atoms with Crippen molar-refractivity contribution in [2.75, 3.05) is 5.75 Å². The number of carbonyl (C=O) groups excluding carboxylic acids is 1. The average Bonchev–Trinajstić information content (AvgIpc) is 3.07. The minimum absolute atomic E-state index is 0.0630.